The van der Waals surface area contributed by atoms with Crippen LogP contribution in [-0.2, 0) is 11.8 Å². The summed E-state index contributed by atoms with van der Waals surface area (Å²) >= 11 is 0. The fraction of sp³-hybridized carbons (Fsp3) is 0.429. The standard InChI is InChI=1S/C7H12N4O/c1-11-3-2-10-7(11)5(8)4-6(9)12/h2-3,5H,4,8H2,1H3,(H2,9,12)/t5-/m1/s1. The highest BCUT2D eigenvalue weighted by Gasteiger charge is 2.12. The first-order valence-corrected chi connectivity index (χ1v) is 3.62. The topological polar surface area (TPSA) is 86.9 Å². The molecule has 0 radical (unpaired) electrons. The summed E-state index contributed by atoms with van der Waals surface area (Å²) in [6, 6.07) is -0.400. The number of nitrogens with zero attached hydrogens (tertiary/aromatic N) is 2. The second-order valence-electron chi connectivity index (χ2n) is 2.67. The highest BCUT2D eigenvalue weighted by atomic mass is 16.1. The van der Waals surface area contributed by atoms with Gasteiger partial charge in [-0.1, -0.05) is 0 Å². The Bertz CT molecular complexity index is 281. The van der Waals surface area contributed by atoms with Crippen molar-refractivity contribution >= 4 is 5.91 Å². The molecule has 0 saturated carbocycles. The summed E-state index contributed by atoms with van der Waals surface area (Å²) in [4.78, 5) is 14.5. The minimum atomic E-state index is -0.412. The predicted molar refractivity (Wildman–Crippen MR) is 43.9 cm³/mol. The predicted octanol–water partition coefficient (Wildman–Crippen LogP) is -0.705. The lowest BCUT2D eigenvalue weighted by molar-refractivity contribution is -0.118. The fourth-order valence-electron chi connectivity index (χ4n) is 1.04. The Labute approximate surface area is 70.4 Å². The van der Waals surface area contributed by atoms with Crippen LogP contribution in [0.5, 0.6) is 0 Å². The molecule has 1 rings (SSSR count). The van der Waals surface area contributed by atoms with Crippen LogP contribution in [0.25, 0.3) is 0 Å². The average molecular weight is 168 g/mol. The molecule has 0 aliphatic carbocycles. The summed E-state index contributed by atoms with van der Waals surface area (Å²) in [7, 11) is 1.82. The largest absolute Gasteiger partial charge is 0.370 e. The number of imidazole rings is 1. The van der Waals surface area contributed by atoms with Crippen molar-refractivity contribution in [3.8, 4) is 0 Å². The zero-order valence-corrected chi connectivity index (χ0v) is 6.90. The Hall–Kier alpha value is -1.36. The molecule has 0 saturated heterocycles. The third-order valence-electron chi connectivity index (χ3n) is 1.61. The molecule has 1 aromatic heterocycles. The first kappa shape index (κ1) is 8.73. The molecule has 0 bridgehead atoms. The number of hydrogen-bond acceptors (Lipinski definition) is 3. The number of amides is 1. The van der Waals surface area contributed by atoms with Crippen LogP contribution in [0.4, 0.5) is 0 Å². The Morgan fingerprint density at radius 3 is 2.92 bits per heavy atom. The number of carbonyl (C=O) groups is 1. The number of aromatic nitrogens is 2. The summed E-state index contributed by atoms with van der Waals surface area (Å²) in [5.41, 5.74) is 10.7. The molecule has 0 unspecified atom stereocenters. The number of hydrogen-bond donors (Lipinski definition) is 2. The second-order valence-corrected chi connectivity index (χ2v) is 2.67. The van der Waals surface area contributed by atoms with E-state index in [1.807, 2.05) is 7.05 Å². The molecule has 0 spiro atoms. The van der Waals surface area contributed by atoms with Crippen LogP contribution in [0, 0.1) is 0 Å². The van der Waals surface area contributed by atoms with Crippen LogP contribution in [0.1, 0.15) is 18.3 Å². The van der Waals surface area contributed by atoms with Crippen molar-refractivity contribution in [3.63, 3.8) is 0 Å². The van der Waals surface area contributed by atoms with Gasteiger partial charge in [-0.15, -0.1) is 0 Å². The zero-order valence-electron chi connectivity index (χ0n) is 6.90. The van der Waals surface area contributed by atoms with Gasteiger partial charge >= 0.3 is 0 Å². The quantitative estimate of drug-likeness (QED) is 0.625. The maximum atomic E-state index is 10.5. The van der Waals surface area contributed by atoms with E-state index in [1.54, 1.807) is 17.0 Å². The maximum Gasteiger partial charge on any atom is 0.219 e. The summed E-state index contributed by atoms with van der Waals surface area (Å²) in [6.45, 7) is 0. The lowest BCUT2D eigenvalue weighted by Gasteiger charge is -2.08. The SMILES string of the molecule is Cn1ccnc1[C@H](N)CC(N)=O. The van der Waals surface area contributed by atoms with Crippen LogP contribution in [-0.4, -0.2) is 15.5 Å². The van der Waals surface area contributed by atoms with Crippen molar-refractivity contribution in [1.29, 1.82) is 0 Å². The molecule has 5 nitrogen and oxygen atoms in total. The highest BCUT2D eigenvalue weighted by molar-refractivity contribution is 5.74. The molecule has 0 aromatic carbocycles. The molecule has 1 aromatic rings. The van der Waals surface area contributed by atoms with Crippen molar-refractivity contribution < 1.29 is 4.79 Å². The molecule has 5 heteroatoms. The van der Waals surface area contributed by atoms with E-state index in [2.05, 4.69) is 4.98 Å². The van der Waals surface area contributed by atoms with Crippen LogP contribution in [0.15, 0.2) is 12.4 Å². The number of aryl methyl sites for hydroxylation is 1. The first-order valence-electron chi connectivity index (χ1n) is 3.62. The van der Waals surface area contributed by atoms with E-state index >= 15 is 0 Å². The Morgan fingerprint density at radius 2 is 2.50 bits per heavy atom. The number of primary amides is 1. The summed E-state index contributed by atoms with van der Waals surface area (Å²) in [5, 5.41) is 0. The van der Waals surface area contributed by atoms with Gasteiger partial charge in [-0.05, 0) is 0 Å². The third kappa shape index (κ3) is 1.82. The van der Waals surface area contributed by atoms with Gasteiger partial charge in [0.15, 0.2) is 0 Å². The van der Waals surface area contributed by atoms with E-state index in [1.165, 1.54) is 0 Å². The monoisotopic (exact) mass is 168 g/mol. The van der Waals surface area contributed by atoms with E-state index in [4.69, 9.17) is 11.5 Å². The molecule has 1 amide bonds. The van der Waals surface area contributed by atoms with Gasteiger partial charge in [0.2, 0.25) is 5.91 Å². The molecule has 0 aliphatic heterocycles. The summed E-state index contributed by atoms with van der Waals surface area (Å²) < 4.78 is 1.77. The van der Waals surface area contributed by atoms with Crippen LogP contribution in [0.2, 0.25) is 0 Å². The Balaban J connectivity index is 2.71. The summed E-state index contributed by atoms with van der Waals surface area (Å²) in [5.74, 6) is 0.263. The third-order valence-corrected chi connectivity index (χ3v) is 1.61. The van der Waals surface area contributed by atoms with E-state index in [-0.39, 0.29) is 6.42 Å². The maximum absolute atomic E-state index is 10.5. The number of rotatable bonds is 3. The Kier molecular flexibility index (Phi) is 2.44. The van der Waals surface area contributed by atoms with Crippen molar-refractivity contribution in [1.82, 2.24) is 9.55 Å². The molecule has 66 valence electrons. The molecule has 12 heavy (non-hydrogen) atoms. The van der Waals surface area contributed by atoms with Crippen LogP contribution in [0.3, 0.4) is 0 Å². The molecular formula is C7H12N4O. The lowest BCUT2D eigenvalue weighted by Crippen LogP contribution is -2.23. The van der Waals surface area contributed by atoms with E-state index < -0.39 is 11.9 Å². The minimum absolute atomic E-state index is 0.130. The summed E-state index contributed by atoms with van der Waals surface area (Å²) in [6.07, 6.45) is 3.54. The average Bonchev–Trinajstić information content (AvgIpc) is 2.33. The zero-order chi connectivity index (χ0) is 9.14. The second kappa shape index (κ2) is 3.36. The van der Waals surface area contributed by atoms with Crippen LogP contribution >= 0.6 is 0 Å². The minimum Gasteiger partial charge on any atom is -0.370 e. The van der Waals surface area contributed by atoms with E-state index in [0.717, 1.165) is 0 Å². The molecule has 1 atom stereocenters. The van der Waals surface area contributed by atoms with Gasteiger partial charge in [0.1, 0.15) is 5.82 Å². The van der Waals surface area contributed by atoms with Crippen LogP contribution < -0.4 is 11.5 Å². The van der Waals surface area contributed by atoms with Gasteiger partial charge in [-0.3, -0.25) is 4.79 Å². The highest BCUT2D eigenvalue weighted by Crippen LogP contribution is 2.09. The van der Waals surface area contributed by atoms with E-state index in [0.29, 0.717) is 5.82 Å². The van der Waals surface area contributed by atoms with Gasteiger partial charge in [-0.2, -0.15) is 0 Å². The molecule has 1 heterocycles. The van der Waals surface area contributed by atoms with Crippen molar-refractivity contribution in [3.05, 3.63) is 18.2 Å². The van der Waals surface area contributed by atoms with Gasteiger partial charge in [0.05, 0.1) is 6.04 Å². The number of nitrogens with two attached hydrogens (primary N) is 2. The van der Waals surface area contributed by atoms with Crippen molar-refractivity contribution in [2.45, 2.75) is 12.5 Å². The fourth-order valence-corrected chi connectivity index (χ4v) is 1.04. The Morgan fingerprint density at radius 1 is 1.83 bits per heavy atom. The molecule has 0 aliphatic rings. The molecule has 4 N–H and O–H groups in total. The van der Waals surface area contributed by atoms with Gasteiger partial charge in [0, 0.05) is 25.9 Å². The van der Waals surface area contributed by atoms with Gasteiger partial charge in [-0.25, -0.2) is 4.98 Å². The smallest absolute Gasteiger partial charge is 0.219 e. The molecular weight excluding hydrogens is 156 g/mol. The van der Waals surface area contributed by atoms with Gasteiger partial charge in [0.25, 0.3) is 0 Å². The lowest BCUT2D eigenvalue weighted by atomic mass is 10.2. The number of carbonyl (C=O) groups excluding carboxylic acids is 1. The molecule has 0 fully saturated rings. The normalized spacial score (nSPS) is 12.8. The first-order chi connectivity index (χ1) is 5.61. The van der Waals surface area contributed by atoms with Crippen molar-refractivity contribution in [2.24, 2.45) is 18.5 Å². The van der Waals surface area contributed by atoms with Gasteiger partial charge < -0.3 is 16.0 Å². The van der Waals surface area contributed by atoms with E-state index in [9.17, 15) is 4.79 Å². The van der Waals surface area contributed by atoms with Crippen molar-refractivity contribution in [2.75, 3.05) is 0 Å².